The number of ether oxygens (including phenoxy) is 1. The molecule has 1 aliphatic rings. The van der Waals surface area contributed by atoms with E-state index >= 15 is 0 Å². The zero-order chi connectivity index (χ0) is 13.0. The van der Waals surface area contributed by atoms with Gasteiger partial charge in [-0.1, -0.05) is 6.92 Å². The van der Waals surface area contributed by atoms with Crippen LogP contribution in [0.3, 0.4) is 0 Å². The normalized spacial score (nSPS) is 19.3. The zero-order valence-electron chi connectivity index (χ0n) is 11.4. The Balaban J connectivity index is 2.18. The first-order chi connectivity index (χ1) is 8.76. The summed E-state index contributed by atoms with van der Waals surface area (Å²) in [5.74, 6) is 2.82. The molecule has 2 heterocycles. The van der Waals surface area contributed by atoms with E-state index in [0.29, 0.717) is 6.10 Å². The molecule has 1 atom stereocenters. The Morgan fingerprint density at radius 1 is 1.50 bits per heavy atom. The number of aromatic nitrogens is 2. The molecule has 1 saturated heterocycles. The molecule has 1 N–H and O–H groups in total. The summed E-state index contributed by atoms with van der Waals surface area (Å²) in [4.78, 5) is 11.4. The first-order valence-corrected chi connectivity index (χ1v) is 6.60. The van der Waals surface area contributed by atoms with Gasteiger partial charge in [0.25, 0.3) is 0 Å². The van der Waals surface area contributed by atoms with Crippen molar-refractivity contribution in [2.24, 2.45) is 0 Å². The lowest BCUT2D eigenvalue weighted by atomic mass is 10.3. The molecule has 100 valence electrons. The number of nitrogens with one attached hydrogen (secondary N) is 1. The molecule has 5 nitrogen and oxygen atoms in total. The fraction of sp³-hybridized carbons (Fsp3) is 0.692. The summed E-state index contributed by atoms with van der Waals surface area (Å²) in [6, 6.07) is 2.01. The van der Waals surface area contributed by atoms with Gasteiger partial charge in [0.15, 0.2) is 0 Å². The van der Waals surface area contributed by atoms with Gasteiger partial charge in [0.2, 0.25) is 0 Å². The Morgan fingerprint density at radius 3 is 2.94 bits per heavy atom. The smallest absolute Gasteiger partial charge is 0.134 e. The standard InChI is InChI=1S/C13H22N4O/c1-4-5-11-15-12(14-2)8-13(16-11)17-7-6-10(9-17)18-3/h8,10H,4-7,9H2,1-3H3,(H,14,15,16). The van der Waals surface area contributed by atoms with Crippen LogP contribution in [0.1, 0.15) is 25.6 Å². The van der Waals surface area contributed by atoms with Crippen LogP contribution in [0.25, 0.3) is 0 Å². The van der Waals surface area contributed by atoms with Gasteiger partial charge >= 0.3 is 0 Å². The Bertz CT molecular complexity index is 397. The van der Waals surface area contributed by atoms with E-state index in [1.807, 2.05) is 13.1 Å². The van der Waals surface area contributed by atoms with Crippen LogP contribution in [0.5, 0.6) is 0 Å². The van der Waals surface area contributed by atoms with Crippen molar-refractivity contribution >= 4 is 11.6 Å². The van der Waals surface area contributed by atoms with Crippen LogP contribution in [-0.2, 0) is 11.2 Å². The van der Waals surface area contributed by atoms with Crippen molar-refractivity contribution in [3.05, 3.63) is 11.9 Å². The van der Waals surface area contributed by atoms with E-state index in [-0.39, 0.29) is 0 Å². The molecule has 2 rings (SSSR count). The Labute approximate surface area is 109 Å². The maximum atomic E-state index is 5.40. The highest BCUT2D eigenvalue weighted by molar-refractivity contribution is 5.50. The van der Waals surface area contributed by atoms with Gasteiger partial charge in [0.1, 0.15) is 17.5 Å². The maximum Gasteiger partial charge on any atom is 0.134 e. The van der Waals surface area contributed by atoms with Crippen molar-refractivity contribution in [3.63, 3.8) is 0 Å². The lowest BCUT2D eigenvalue weighted by Gasteiger charge is -2.18. The predicted molar refractivity (Wildman–Crippen MR) is 73.2 cm³/mol. The maximum absolute atomic E-state index is 5.40. The van der Waals surface area contributed by atoms with Crippen LogP contribution in [0.2, 0.25) is 0 Å². The summed E-state index contributed by atoms with van der Waals surface area (Å²) in [5.41, 5.74) is 0. The average molecular weight is 250 g/mol. The van der Waals surface area contributed by atoms with Crippen LogP contribution in [0.4, 0.5) is 11.6 Å². The Morgan fingerprint density at radius 2 is 2.33 bits per heavy atom. The summed E-state index contributed by atoms with van der Waals surface area (Å²) >= 11 is 0. The molecule has 0 bridgehead atoms. The minimum absolute atomic E-state index is 0.327. The van der Waals surface area contributed by atoms with Crippen LogP contribution in [0, 0.1) is 0 Å². The van der Waals surface area contributed by atoms with Crippen molar-refractivity contribution in [1.29, 1.82) is 0 Å². The van der Waals surface area contributed by atoms with Crippen LogP contribution < -0.4 is 10.2 Å². The van der Waals surface area contributed by atoms with Crippen molar-refractivity contribution in [1.82, 2.24) is 9.97 Å². The first-order valence-electron chi connectivity index (χ1n) is 6.60. The third kappa shape index (κ3) is 2.90. The van der Waals surface area contributed by atoms with Gasteiger partial charge in [0.05, 0.1) is 6.10 Å². The number of rotatable bonds is 5. The molecule has 5 heteroatoms. The lowest BCUT2D eigenvalue weighted by molar-refractivity contribution is 0.121. The van der Waals surface area contributed by atoms with Crippen molar-refractivity contribution in [3.8, 4) is 0 Å². The van der Waals surface area contributed by atoms with Gasteiger partial charge in [-0.25, -0.2) is 9.97 Å². The van der Waals surface area contributed by atoms with Crippen LogP contribution >= 0.6 is 0 Å². The summed E-state index contributed by atoms with van der Waals surface area (Å²) in [5, 5.41) is 3.11. The van der Waals surface area contributed by atoms with E-state index in [9.17, 15) is 0 Å². The molecule has 1 unspecified atom stereocenters. The second kappa shape index (κ2) is 6.00. The number of nitrogens with zero attached hydrogens (tertiary/aromatic N) is 3. The van der Waals surface area contributed by atoms with Gasteiger partial charge in [0, 0.05) is 39.7 Å². The van der Waals surface area contributed by atoms with Crippen molar-refractivity contribution in [2.75, 3.05) is 37.5 Å². The largest absolute Gasteiger partial charge is 0.380 e. The molecule has 1 aromatic rings. The second-order valence-corrected chi connectivity index (χ2v) is 4.62. The van der Waals surface area contributed by atoms with E-state index < -0.39 is 0 Å². The zero-order valence-corrected chi connectivity index (χ0v) is 11.4. The predicted octanol–water partition coefficient (Wildman–Crippen LogP) is 1.70. The third-order valence-corrected chi connectivity index (χ3v) is 3.29. The van der Waals surface area contributed by atoms with Crippen LogP contribution in [0.15, 0.2) is 6.07 Å². The van der Waals surface area contributed by atoms with E-state index in [1.165, 1.54) is 0 Å². The quantitative estimate of drug-likeness (QED) is 0.862. The SMILES string of the molecule is CCCc1nc(NC)cc(N2CCC(OC)C2)n1. The highest BCUT2D eigenvalue weighted by atomic mass is 16.5. The molecule has 0 radical (unpaired) electrons. The minimum atomic E-state index is 0.327. The Kier molecular flexibility index (Phi) is 4.36. The topological polar surface area (TPSA) is 50.3 Å². The lowest BCUT2D eigenvalue weighted by Crippen LogP contribution is -2.23. The summed E-state index contributed by atoms with van der Waals surface area (Å²) in [6.07, 6.45) is 3.38. The Hall–Kier alpha value is -1.36. The molecule has 0 spiro atoms. The van der Waals surface area contributed by atoms with Crippen LogP contribution in [-0.4, -0.2) is 43.3 Å². The molecule has 0 aromatic carbocycles. The monoisotopic (exact) mass is 250 g/mol. The molecular formula is C13H22N4O. The highest BCUT2D eigenvalue weighted by Gasteiger charge is 2.23. The fourth-order valence-electron chi connectivity index (χ4n) is 2.24. The fourth-order valence-corrected chi connectivity index (χ4v) is 2.24. The molecule has 0 aliphatic carbocycles. The molecule has 1 fully saturated rings. The molecular weight excluding hydrogens is 228 g/mol. The third-order valence-electron chi connectivity index (χ3n) is 3.29. The van der Waals surface area contributed by atoms with Gasteiger partial charge in [-0.3, -0.25) is 0 Å². The van der Waals surface area contributed by atoms with Crippen molar-refractivity contribution < 1.29 is 4.74 Å². The molecule has 0 saturated carbocycles. The van der Waals surface area contributed by atoms with Gasteiger partial charge in [-0.2, -0.15) is 0 Å². The van der Waals surface area contributed by atoms with Crippen molar-refractivity contribution in [2.45, 2.75) is 32.3 Å². The molecule has 1 aromatic heterocycles. The van der Waals surface area contributed by atoms with E-state index in [1.54, 1.807) is 7.11 Å². The van der Waals surface area contributed by atoms with E-state index in [4.69, 9.17) is 4.74 Å². The number of methoxy groups -OCH3 is 1. The van der Waals surface area contributed by atoms with Gasteiger partial charge in [-0.05, 0) is 12.8 Å². The summed E-state index contributed by atoms with van der Waals surface area (Å²) < 4.78 is 5.40. The molecule has 0 amide bonds. The highest BCUT2D eigenvalue weighted by Crippen LogP contribution is 2.22. The summed E-state index contributed by atoms with van der Waals surface area (Å²) in [7, 11) is 3.67. The van der Waals surface area contributed by atoms with Gasteiger partial charge in [-0.15, -0.1) is 0 Å². The van der Waals surface area contributed by atoms with E-state index in [2.05, 4.69) is 27.1 Å². The molecule has 1 aliphatic heterocycles. The number of hydrogen-bond donors (Lipinski definition) is 1. The van der Waals surface area contributed by atoms with Gasteiger partial charge < -0.3 is 15.0 Å². The number of anilines is 2. The van der Waals surface area contributed by atoms with E-state index in [0.717, 1.165) is 49.8 Å². The number of aryl methyl sites for hydroxylation is 1. The average Bonchev–Trinajstić information content (AvgIpc) is 2.87. The number of hydrogen-bond acceptors (Lipinski definition) is 5. The molecule has 18 heavy (non-hydrogen) atoms. The summed E-state index contributed by atoms with van der Waals surface area (Å²) in [6.45, 7) is 4.07. The first kappa shape index (κ1) is 13.1. The minimum Gasteiger partial charge on any atom is -0.380 e. The second-order valence-electron chi connectivity index (χ2n) is 4.62.